The fourth-order valence-corrected chi connectivity index (χ4v) is 2.88. The van der Waals surface area contributed by atoms with Crippen molar-refractivity contribution >= 4 is 33.8 Å². The minimum Gasteiger partial charge on any atom is -0.492 e. The molecule has 0 atom stereocenters. The summed E-state index contributed by atoms with van der Waals surface area (Å²) in [5, 5.41) is 11.7. The van der Waals surface area contributed by atoms with E-state index in [-0.39, 0.29) is 5.91 Å². The van der Waals surface area contributed by atoms with Gasteiger partial charge in [0.2, 0.25) is 0 Å². The zero-order valence-corrected chi connectivity index (χ0v) is 15.0. The number of nitrogens with one attached hydrogen (secondary N) is 2. The van der Waals surface area contributed by atoms with Crippen LogP contribution in [0.3, 0.4) is 0 Å². The minimum atomic E-state index is -0.561. The van der Waals surface area contributed by atoms with Gasteiger partial charge in [-0.1, -0.05) is 24.3 Å². The minimum absolute atomic E-state index is 0.258. The molecule has 2 aromatic carbocycles. The Labute approximate surface area is 159 Å². The van der Waals surface area contributed by atoms with Crippen molar-refractivity contribution in [2.75, 3.05) is 13.2 Å². The summed E-state index contributed by atoms with van der Waals surface area (Å²) < 4.78 is 5.55. The van der Waals surface area contributed by atoms with Crippen molar-refractivity contribution in [3.05, 3.63) is 66.4 Å². The summed E-state index contributed by atoms with van der Waals surface area (Å²) in [5.74, 6) is 0.355. The molecule has 0 spiro atoms. The van der Waals surface area contributed by atoms with Gasteiger partial charge in [-0.05, 0) is 48.2 Å². The highest BCUT2D eigenvalue weighted by Crippen LogP contribution is 2.21. The van der Waals surface area contributed by atoms with Crippen molar-refractivity contribution in [2.45, 2.75) is 4.90 Å². The lowest BCUT2D eigenvalue weighted by atomic mass is 10.2. The summed E-state index contributed by atoms with van der Waals surface area (Å²) in [7, 11) is 0. The molecule has 0 aliphatic rings. The van der Waals surface area contributed by atoms with E-state index < -0.39 is 5.24 Å². The van der Waals surface area contributed by atoms with E-state index in [0.29, 0.717) is 29.5 Å². The third-order valence-corrected chi connectivity index (χ3v) is 4.40. The lowest BCUT2D eigenvalue weighted by Gasteiger charge is -2.08. The largest absolute Gasteiger partial charge is 0.492 e. The molecule has 138 valence electrons. The van der Waals surface area contributed by atoms with Gasteiger partial charge in [-0.15, -0.1) is 0 Å². The first kappa shape index (κ1) is 18.7. The summed E-state index contributed by atoms with van der Waals surface area (Å²) in [6.45, 7) is 0.625. The predicted molar refractivity (Wildman–Crippen MR) is 102 cm³/mol. The molecule has 0 radical (unpaired) electrons. The monoisotopic (exact) mass is 383 g/mol. The molecule has 3 aromatic rings. The van der Waals surface area contributed by atoms with Gasteiger partial charge in [-0.25, -0.2) is 10.5 Å². The Morgan fingerprint density at radius 3 is 2.59 bits per heavy atom. The second-order valence-corrected chi connectivity index (χ2v) is 6.51. The lowest BCUT2D eigenvalue weighted by Crippen LogP contribution is -2.28. The number of aromatic nitrogens is 1. The van der Waals surface area contributed by atoms with Gasteiger partial charge in [0.15, 0.2) is 0 Å². The quantitative estimate of drug-likeness (QED) is 0.261. The summed E-state index contributed by atoms with van der Waals surface area (Å²) in [4.78, 5) is 28.3. The Balaban J connectivity index is 1.46. The maximum Gasteiger partial charge on any atom is 0.307 e. The number of benzene rings is 2. The molecule has 0 aliphatic heterocycles. The zero-order valence-electron chi connectivity index (χ0n) is 14.2. The SMILES string of the molecule is O=C(NO)Sc1ccc(OCCNC(=O)c2ccc3ccccc3n2)cc1. The standard InChI is InChI=1S/C19H17N3O4S/c23-18(17-10-5-13-3-1-2-4-16(13)21-17)20-11-12-26-14-6-8-15(9-7-14)27-19(24)22-25/h1-10,25H,11-12H2,(H,20,23)(H,22,24). The molecule has 7 nitrogen and oxygen atoms in total. The van der Waals surface area contributed by atoms with Gasteiger partial charge in [-0.2, -0.15) is 0 Å². The Morgan fingerprint density at radius 1 is 1.04 bits per heavy atom. The van der Waals surface area contributed by atoms with E-state index >= 15 is 0 Å². The highest BCUT2D eigenvalue weighted by Gasteiger charge is 2.08. The summed E-state index contributed by atoms with van der Waals surface area (Å²) in [6.07, 6.45) is 0. The van der Waals surface area contributed by atoms with E-state index in [1.165, 1.54) is 0 Å². The number of para-hydroxylation sites is 1. The summed E-state index contributed by atoms with van der Waals surface area (Å²) in [5.41, 5.74) is 2.68. The molecule has 0 aliphatic carbocycles. The number of rotatable bonds is 6. The molecule has 27 heavy (non-hydrogen) atoms. The van der Waals surface area contributed by atoms with Crippen molar-refractivity contribution in [3.63, 3.8) is 0 Å². The number of fused-ring (bicyclic) bond motifs is 1. The van der Waals surface area contributed by atoms with Crippen LogP contribution in [0.2, 0.25) is 0 Å². The van der Waals surface area contributed by atoms with Crippen LogP contribution < -0.4 is 15.5 Å². The van der Waals surface area contributed by atoms with E-state index in [4.69, 9.17) is 9.94 Å². The first-order chi connectivity index (χ1) is 13.2. The van der Waals surface area contributed by atoms with Crippen LogP contribution in [0.1, 0.15) is 10.5 Å². The molecule has 3 rings (SSSR count). The fraction of sp³-hybridized carbons (Fsp3) is 0.105. The third-order valence-electron chi connectivity index (χ3n) is 3.61. The Kier molecular flexibility index (Phi) is 6.24. The molecule has 0 unspecified atom stereocenters. The average molecular weight is 383 g/mol. The van der Waals surface area contributed by atoms with Gasteiger partial charge >= 0.3 is 5.24 Å². The smallest absolute Gasteiger partial charge is 0.307 e. The molecule has 0 saturated heterocycles. The number of hydroxylamine groups is 1. The van der Waals surface area contributed by atoms with Crippen LogP contribution in [-0.2, 0) is 0 Å². The highest BCUT2D eigenvalue weighted by atomic mass is 32.2. The topological polar surface area (TPSA) is 101 Å². The van der Waals surface area contributed by atoms with Gasteiger partial charge < -0.3 is 10.1 Å². The molecule has 0 bridgehead atoms. The first-order valence-electron chi connectivity index (χ1n) is 8.14. The molecular weight excluding hydrogens is 366 g/mol. The maximum absolute atomic E-state index is 12.2. The molecule has 1 aromatic heterocycles. The van der Waals surface area contributed by atoms with Crippen LogP contribution >= 0.6 is 11.8 Å². The predicted octanol–water partition coefficient (Wildman–Crippen LogP) is 3.23. The molecule has 0 fully saturated rings. The van der Waals surface area contributed by atoms with E-state index in [1.54, 1.807) is 35.8 Å². The van der Waals surface area contributed by atoms with Gasteiger partial charge in [0.05, 0.1) is 12.1 Å². The average Bonchev–Trinajstić information content (AvgIpc) is 2.71. The molecule has 2 amide bonds. The molecular formula is C19H17N3O4S. The van der Waals surface area contributed by atoms with Crippen LogP contribution in [0.5, 0.6) is 5.75 Å². The third kappa shape index (κ3) is 5.19. The number of amides is 2. The number of carbonyl (C=O) groups is 2. The van der Waals surface area contributed by atoms with Gasteiger partial charge in [-0.3, -0.25) is 14.8 Å². The summed E-state index contributed by atoms with van der Waals surface area (Å²) in [6, 6.07) is 18.0. The van der Waals surface area contributed by atoms with E-state index in [1.807, 2.05) is 30.3 Å². The number of nitrogens with zero attached hydrogens (tertiary/aromatic N) is 1. The Bertz CT molecular complexity index is 947. The van der Waals surface area contributed by atoms with Gasteiger partial charge in [0.25, 0.3) is 5.91 Å². The number of hydrogen-bond acceptors (Lipinski definition) is 6. The van der Waals surface area contributed by atoms with Crippen LogP contribution in [-0.4, -0.2) is 34.5 Å². The number of thioether (sulfide) groups is 1. The second kappa shape index (κ2) is 9.02. The van der Waals surface area contributed by atoms with Crippen LogP contribution in [0, 0.1) is 0 Å². The van der Waals surface area contributed by atoms with Crippen molar-refractivity contribution < 1.29 is 19.5 Å². The van der Waals surface area contributed by atoms with E-state index in [0.717, 1.165) is 22.7 Å². The van der Waals surface area contributed by atoms with Crippen molar-refractivity contribution in [1.82, 2.24) is 15.8 Å². The Hall–Kier alpha value is -3.10. The highest BCUT2D eigenvalue weighted by molar-refractivity contribution is 8.13. The molecule has 0 saturated carbocycles. The fourth-order valence-electron chi connectivity index (χ4n) is 2.35. The normalized spacial score (nSPS) is 10.4. The summed E-state index contributed by atoms with van der Waals surface area (Å²) >= 11 is 0.863. The van der Waals surface area contributed by atoms with E-state index in [9.17, 15) is 9.59 Å². The first-order valence-corrected chi connectivity index (χ1v) is 8.96. The molecule has 1 heterocycles. The van der Waals surface area contributed by atoms with Crippen molar-refractivity contribution in [2.24, 2.45) is 0 Å². The molecule has 3 N–H and O–H groups in total. The number of hydrogen-bond donors (Lipinski definition) is 3. The number of pyridine rings is 1. The van der Waals surface area contributed by atoms with Gasteiger partial charge in [0.1, 0.15) is 18.1 Å². The number of ether oxygens (including phenoxy) is 1. The Morgan fingerprint density at radius 2 is 1.81 bits per heavy atom. The number of carbonyl (C=O) groups excluding carboxylic acids is 2. The molecule has 8 heteroatoms. The zero-order chi connectivity index (χ0) is 19.1. The van der Waals surface area contributed by atoms with Gasteiger partial charge in [0, 0.05) is 10.3 Å². The van der Waals surface area contributed by atoms with Crippen LogP contribution in [0.4, 0.5) is 4.79 Å². The van der Waals surface area contributed by atoms with E-state index in [2.05, 4.69) is 10.3 Å². The van der Waals surface area contributed by atoms with Crippen LogP contribution in [0.15, 0.2) is 65.6 Å². The van der Waals surface area contributed by atoms with Crippen molar-refractivity contribution in [3.8, 4) is 5.75 Å². The lowest BCUT2D eigenvalue weighted by molar-refractivity contribution is 0.0942. The van der Waals surface area contributed by atoms with Crippen LogP contribution in [0.25, 0.3) is 10.9 Å². The maximum atomic E-state index is 12.2. The second-order valence-electron chi connectivity index (χ2n) is 5.47. The van der Waals surface area contributed by atoms with Crippen molar-refractivity contribution in [1.29, 1.82) is 0 Å².